The van der Waals surface area contributed by atoms with Gasteiger partial charge in [0.1, 0.15) is 11.6 Å². The van der Waals surface area contributed by atoms with Crippen molar-refractivity contribution in [1.29, 1.82) is 0 Å². The second-order valence-electron chi connectivity index (χ2n) is 10.0. The third kappa shape index (κ3) is 4.88. The molecule has 1 N–H and O–H groups in total. The van der Waals surface area contributed by atoms with E-state index in [2.05, 4.69) is 0 Å². The number of hydrogen-bond acceptors (Lipinski definition) is 4. The molecule has 7 heteroatoms. The zero-order chi connectivity index (χ0) is 25.5. The highest BCUT2D eigenvalue weighted by Gasteiger charge is 2.49. The zero-order valence-corrected chi connectivity index (χ0v) is 20.2. The average Bonchev–Trinajstić information content (AvgIpc) is 2.97. The Morgan fingerprint density at radius 1 is 0.857 bits per heavy atom. The zero-order valence-electron chi connectivity index (χ0n) is 20.2. The Balaban J connectivity index is 1.74. The molecule has 182 valence electrons. The van der Waals surface area contributed by atoms with Crippen LogP contribution in [-0.2, 0) is 9.59 Å². The first-order chi connectivity index (χ1) is 16.4. The van der Waals surface area contributed by atoms with E-state index in [0.717, 1.165) is 5.06 Å². The minimum absolute atomic E-state index is 0.0646. The predicted molar refractivity (Wildman–Crippen MR) is 130 cm³/mol. The summed E-state index contributed by atoms with van der Waals surface area (Å²) in [7, 11) is 0. The van der Waals surface area contributed by atoms with E-state index in [-0.39, 0.29) is 36.4 Å². The maximum atomic E-state index is 13.7. The first kappa shape index (κ1) is 24.7. The van der Waals surface area contributed by atoms with E-state index in [4.69, 9.17) is 0 Å². The van der Waals surface area contributed by atoms with Crippen molar-refractivity contribution in [3.05, 3.63) is 94.1 Å². The van der Waals surface area contributed by atoms with E-state index in [1.807, 2.05) is 13.8 Å². The Labute approximate surface area is 203 Å². The fourth-order valence-corrected chi connectivity index (χ4v) is 4.62. The molecule has 2 aromatic carbocycles. The Kier molecular flexibility index (Phi) is 6.34. The third-order valence-corrected chi connectivity index (χ3v) is 6.48. The molecule has 1 saturated heterocycles. The molecule has 35 heavy (non-hydrogen) atoms. The molecule has 0 saturated carbocycles. The van der Waals surface area contributed by atoms with Crippen molar-refractivity contribution in [2.75, 3.05) is 13.1 Å². The number of rotatable bonds is 3. The van der Waals surface area contributed by atoms with Crippen LogP contribution in [0.3, 0.4) is 0 Å². The van der Waals surface area contributed by atoms with Crippen molar-refractivity contribution in [2.45, 2.75) is 38.8 Å². The summed E-state index contributed by atoms with van der Waals surface area (Å²) in [5, 5.41) is 11.8. The van der Waals surface area contributed by atoms with E-state index in [0.29, 0.717) is 27.8 Å². The number of hydroxylamine groups is 2. The lowest BCUT2D eigenvalue weighted by molar-refractivity contribution is -0.186. The molecule has 2 aliphatic heterocycles. The van der Waals surface area contributed by atoms with Gasteiger partial charge in [0, 0.05) is 16.7 Å². The number of Topliss-reactive ketones (excluding diaryl/α,β-unsaturated/α-hetero) is 1. The lowest BCUT2D eigenvalue weighted by Crippen LogP contribution is -2.51. The van der Waals surface area contributed by atoms with Crippen LogP contribution in [0.4, 0.5) is 8.78 Å². The van der Waals surface area contributed by atoms with Gasteiger partial charge in [-0.15, -0.1) is 0 Å². The largest absolute Gasteiger partial charge is 0.330 e. The van der Waals surface area contributed by atoms with Crippen LogP contribution in [0.1, 0.15) is 38.8 Å². The van der Waals surface area contributed by atoms with E-state index in [1.165, 1.54) is 24.3 Å². The van der Waals surface area contributed by atoms with Gasteiger partial charge >= 0.3 is 0 Å². The van der Waals surface area contributed by atoms with Crippen molar-refractivity contribution in [1.82, 2.24) is 9.96 Å². The third-order valence-electron chi connectivity index (χ3n) is 6.48. The van der Waals surface area contributed by atoms with E-state index in [1.54, 1.807) is 61.2 Å². The smallest absolute Gasteiger partial charge is 0.252 e. The fourth-order valence-electron chi connectivity index (χ4n) is 4.62. The highest BCUT2D eigenvalue weighted by molar-refractivity contribution is 6.16. The molecule has 0 spiro atoms. The van der Waals surface area contributed by atoms with Crippen molar-refractivity contribution < 1.29 is 23.6 Å². The molecule has 5 nitrogen and oxygen atoms in total. The van der Waals surface area contributed by atoms with Gasteiger partial charge in [0.25, 0.3) is 5.91 Å². The molecule has 0 unspecified atom stereocenters. The number of piperidine rings is 1. The average molecular weight is 479 g/mol. The summed E-state index contributed by atoms with van der Waals surface area (Å²) < 4.78 is 26.8. The Bertz CT molecular complexity index is 1190. The molecule has 2 aromatic rings. The molecule has 1 fully saturated rings. The van der Waals surface area contributed by atoms with Crippen molar-refractivity contribution >= 4 is 23.8 Å². The monoisotopic (exact) mass is 478 g/mol. The molecule has 2 heterocycles. The Morgan fingerprint density at radius 2 is 1.29 bits per heavy atom. The SMILES string of the molecule is CC1(C)C=C(C(=O)N2C/C(=C\c3ccc(F)cc3)C(=O)/C(=C/c3ccc(F)cc3)C2)C(C)(C)N1O. The van der Waals surface area contributed by atoms with Gasteiger partial charge in [0.15, 0.2) is 5.78 Å². The van der Waals surface area contributed by atoms with Crippen LogP contribution in [0.15, 0.2) is 71.3 Å². The summed E-state index contributed by atoms with van der Waals surface area (Å²) >= 11 is 0. The number of carbonyl (C=O) groups excluding carboxylic acids is 2. The Morgan fingerprint density at radius 3 is 1.66 bits per heavy atom. The van der Waals surface area contributed by atoms with Crippen molar-refractivity contribution in [3.63, 3.8) is 0 Å². The highest BCUT2D eigenvalue weighted by Crippen LogP contribution is 2.39. The van der Waals surface area contributed by atoms with Crippen molar-refractivity contribution in [2.24, 2.45) is 0 Å². The minimum Gasteiger partial charge on any atom is -0.330 e. The molecule has 0 bridgehead atoms. The summed E-state index contributed by atoms with van der Waals surface area (Å²) in [5.74, 6) is -1.29. The number of halogens is 2. The van der Waals surface area contributed by atoms with Crippen LogP contribution in [-0.4, -0.2) is 51.0 Å². The normalized spacial score (nSPS) is 22.1. The molecule has 0 radical (unpaired) electrons. The van der Waals surface area contributed by atoms with E-state index >= 15 is 0 Å². The van der Waals surface area contributed by atoms with Crippen LogP contribution in [0.5, 0.6) is 0 Å². The first-order valence-electron chi connectivity index (χ1n) is 11.4. The summed E-state index contributed by atoms with van der Waals surface area (Å²) in [5.41, 5.74) is 0.786. The lowest BCUT2D eigenvalue weighted by atomic mass is 9.91. The van der Waals surface area contributed by atoms with Gasteiger partial charge in [0.05, 0.1) is 24.2 Å². The molecule has 1 amide bonds. The fraction of sp³-hybridized carbons (Fsp3) is 0.286. The van der Waals surface area contributed by atoms with E-state index in [9.17, 15) is 23.6 Å². The molecular formula is C28H28F2N2O3. The van der Waals surface area contributed by atoms with Gasteiger partial charge in [-0.25, -0.2) is 8.78 Å². The number of likely N-dealkylation sites (tertiary alicyclic amines) is 1. The van der Waals surface area contributed by atoms with Crippen LogP contribution in [0.25, 0.3) is 12.2 Å². The number of amides is 1. The number of benzene rings is 2. The van der Waals surface area contributed by atoms with Crippen LogP contribution in [0.2, 0.25) is 0 Å². The van der Waals surface area contributed by atoms with Crippen LogP contribution in [0, 0.1) is 11.6 Å². The maximum absolute atomic E-state index is 13.7. The topological polar surface area (TPSA) is 60.9 Å². The summed E-state index contributed by atoms with van der Waals surface area (Å²) in [4.78, 5) is 28.6. The molecule has 4 rings (SSSR count). The molecule has 0 atom stereocenters. The molecule has 2 aliphatic rings. The second kappa shape index (κ2) is 8.98. The van der Waals surface area contributed by atoms with Crippen LogP contribution < -0.4 is 0 Å². The molecule has 0 aliphatic carbocycles. The molecular weight excluding hydrogens is 450 g/mol. The van der Waals surface area contributed by atoms with Gasteiger partial charge in [-0.3, -0.25) is 9.59 Å². The van der Waals surface area contributed by atoms with Crippen LogP contribution >= 0.6 is 0 Å². The summed E-state index contributed by atoms with van der Waals surface area (Å²) in [6.07, 6.45) is 5.05. The summed E-state index contributed by atoms with van der Waals surface area (Å²) in [6, 6.07) is 11.5. The van der Waals surface area contributed by atoms with Gasteiger partial charge in [-0.1, -0.05) is 30.3 Å². The standard InChI is InChI=1S/C28H28F2N2O3/c1-27(2)15-24(28(3,4)32(27)35)26(34)31-16-20(13-18-5-9-22(29)10-6-18)25(33)21(17-31)14-19-7-11-23(30)12-8-19/h5-15,35H,16-17H2,1-4H3/b20-13+,21-14+. The minimum atomic E-state index is -0.927. The molecule has 0 aromatic heterocycles. The number of hydrogen-bond donors (Lipinski definition) is 1. The number of nitrogens with zero attached hydrogens (tertiary/aromatic N) is 2. The number of carbonyl (C=O) groups is 2. The second-order valence-corrected chi connectivity index (χ2v) is 10.0. The van der Waals surface area contributed by atoms with Gasteiger partial charge < -0.3 is 10.1 Å². The van der Waals surface area contributed by atoms with Gasteiger partial charge in [-0.05, 0) is 75.2 Å². The lowest BCUT2D eigenvalue weighted by Gasteiger charge is -2.37. The van der Waals surface area contributed by atoms with Crippen molar-refractivity contribution in [3.8, 4) is 0 Å². The Hall–Kier alpha value is -3.42. The quantitative estimate of drug-likeness (QED) is 0.629. The maximum Gasteiger partial charge on any atom is 0.252 e. The predicted octanol–water partition coefficient (Wildman–Crippen LogP) is 5.03. The highest BCUT2D eigenvalue weighted by atomic mass is 19.1. The van der Waals surface area contributed by atoms with Gasteiger partial charge in [-0.2, -0.15) is 5.06 Å². The first-order valence-corrected chi connectivity index (χ1v) is 11.4. The summed E-state index contributed by atoms with van der Waals surface area (Å²) in [6.45, 7) is 7.30. The van der Waals surface area contributed by atoms with E-state index < -0.39 is 11.1 Å². The van der Waals surface area contributed by atoms with Gasteiger partial charge in [0.2, 0.25) is 0 Å². The number of ketones is 1.